The number of carbonyl (C=O) groups is 2. The lowest BCUT2D eigenvalue weighted by atomic mass is 9.97. The summed E-state index contributed by atoms with van der Waals surface area (Å²) in [5.74, 6) is -2.27. The first-order valence-electron chi connectivity index (χ1n) is 6.06. The second-order valence-electron chi connectivity index (χ2n) is 4.42. The molecule has 0 bridgehead atoms. The van der Waals surface area contributed by atoms with E-state index in [9.17, 15) is 18.4 Å². The van der Waals surface area contributed by atoms with Crippen LogP contribution in [0.5, 0.6) is 0 Å². The van der Waals surface area contributed by atoms with Gasteiger partial charge < -0.3 is 4.90 Å². The average Bonchev–Trinajstić information content (AvgIpc) is 2.42. The number of benzene rings is 1. The quantitative estimate of drug-likeness (QED) is 0.791. The van der Waals surface area contributed by atoms with Crippen molar-refractivity contribution >= 4 is 27.6 Å². The van der Waals surface area contributed by atoms with Gasteiger partial charge in [-0.2, -0.15) is 0 Å². The van der Waals surface area contributed by atoms with E-state index in [-0.39, 0.29) is 24.5 Å². The molecule has 0 N–H and O–H groups in total. The Morgan fingerprint density at radius 2 is 2.10 bits per heavy atom. The molecule has 1 aliphatic heterocycles. The SMILES string of the molecule is O=C1C=CN(C(=O)CCBr)C(c2ccc(F)c(F)c2)C1. The summed E-state index contributed by atoms with van der Waals surface area (Å²) in [7, 11) is 0. The fraction of sp³-hybridized carbons (Fsp3) is 0.286. The number of hydrogen-bond acceptors (Lipinski definition) is 2. The van der Waals surface area contributed by atoms with Gasteiger partial charge in [0.25, 0.3) is 0 Å². The number of nitrogens with zero attached hydrogens (tertiary/aromatic N) is 1. The third-order valence-electron chi connectivity index (χ3n) is 3.08. The molecule has 0 fully saturated rings. The first-order chi connectivity index (χ1) is 9.52. The van der Waals surface area contributed by atoms with Crippen LogP contribution in [-0.2, 0) is 9.59 Å². The van der Waals surface area contributed by atoms with Crippen LogP contribution in [0.15, 0.2) is 30.5 Å². The number of carbonyl (C=O) groups excluding carboxylic acids is 2. The normalized spacial score (nSPS) is 18.4. The predicted molar refractivity (Wildman–Crippen MR) is 73.1 cm³/mol. The largest absolute Gasteiger partial charge is 0.311 e. The lowest BCUT2D eigenvalue weighted by Gasteiger charge is -2.31. The molecule has 1 atom stereocenters. The summed E-state index contributed by atoms with van der Waals surface area (Å²) in [6.07, 6.45) is 3.06. The van der Waals surface area contributed by atoms with Crippen molar-refractivity contribution in [1.82, 2.24) is 4.90 Å². The maximum Gasteiger partial charge on any atom is 0.227 e. The van der Waals surface area contributed by atoms with Crippen LogP contribution in [0.1, 0.15) is 24.4 Å². The smallest absolute Gasteiger partial charge is 0.227 e. The van der Waals surface area contributed by atoms with Crippen LogP contribution in [0.4, 0.5) is 8.78 Å². The number of ketones is 1. The van der Waals surface area contributed by atoms with Crippen molar-refractivity contribution in [3.63, 3.8) is 0 Å². The minimum Gasteiger partial charge on any atom is -0.311 e. The third kappa shape index (κ3) is 3.12. The molecule has 20 heavy (non-hydrogen) atoms. The van der Waals surface area contributed by atoms with Crippen molar-refractivity contribution in [1.29, 1.82) is 0 Å². The maximum atomic E-state index is 13.3. The molecule has 1 amide bonds. The second kappa shape index (κ2) is 6.26. The molecular formula is C14H12BrF2NO2. The van der Waals surface area contributed by atoms with Gasteiger partial charge in [0.1, 0.15) is 0 Å². The Kier molecular flexibility index (Phi) is 4.65. The summed E-state index contributed by atoms with van der Waals surface area (Å²) in [6, 6.07) is 2.83. The summed E-state index contributed by atoms with van der Waals surface area (Å²) in [4.78, 5) is 24.9. The number of halogens is 3. The highest BCUT2D eigenvalue weighted by Gasteiger charge is 2.28. The van der Waals surface area contributed by atoms with E-state index in [1.165, 1.54) is 23.2 Å². The van der Waals surface area contributed by atoms with Gasteiger partial charge in [-0.05, 0) is 23.8 Å². The van der Waals surface area contributed by atoms with Gasteiger partial charge in [0.2, 0.25) is 5.91 Å². The molecule has 3 nitrogen and oxygen atoms in total. The number of alkyl halides is 1. The summed E-state index contributed by atoms with van der Waals surface area (Å²) >= 11 is 3.18. The number of amides is 1. The van der Waals surface area contributed by atoms with Gasteiger partial charge in [-0.15, -0.1) is 0 Å². The van der Waals surface area contributed by atoms with Crippen LogP contribution in [0.2, 0.25) is 0 Å². The zero-order valence-corrected chi connectivity index (χ0v) is 12.1. The first-order valence-corrected chi connectivity index (χ1v) is 7.18. The van der Waals surface area contributed by atoms with Crippen molar-refractivity contribution in [3.05, 3.63) is 47.7 Å². The Labute approximate surface area is 123 Å². The molecule has 0 saturated carbocycles. The molecule has 1 heterocycles. The van der Waals surface area contributed by atoms with Gasteiger partial charge in [0.15, 0.2) is 17.4 Å². The molecule has 0 saturated heterocycles. The standard InChI is InChI=1S/C14H12BrF2NO2/c15-5-3-14(20)18-6-4-10(19)8-13(18)9-1-2-11(16)12(17)7-9/h1-2,4,6-7,13H,3,5,8H2. The van der Waals surface area contributed by atoms with Crippen LogP contribution >= 0.6 is 15.9 Å². The van der Waals surface area contributed by atoms with Gasteiger partial charge in [0.05, 0.1) is 6.04 Å². The van der Waals surface area contributed by atoms with Gasteiger partial charge in [-0.1, -0.05) is 22.0 Å². The second-order valence-corrected chi connectivity index (χ2v) is 5.21. The molecule has 1 unspecified atom stereocenters. The van der Waals surface area contributed by atoms with Gasteiger partial charge in [-0.25, -0.2) is 8.78 Å². The molecular weight excluding hydrogens is 332 g/mol. The zero-order chi connectivity index (χ0) is 14.7. The Morgan fingerprint density at radius 3 is 2.75 bits per heavy atom. The van der Waals surface area contributed by atoms with Gasteiger partial charge in [0, 0.05) is 24.4 Å². The molecule has 0 aliphatic carbocycles. The first kappa shape index (κ1) is 14.8. The monoisotopic (exact) mass is 343 g/mol. The van der Waals surface area contributed by atoms with Crippen molar-refractivity contribution in [2.24, 2.45) is 0 Å². The van der Waals surface area contributed by atoms with E-state index in [1.54, 1.807) is 0 Å². The third-order valence-corrected chi connectivity index (χ3v) is 3.47. The molecule has 0 aromatic heterocycles. The zero-order valence-electron chi connectivity index (χ0n) is 10.5. The van der Waals surface area contributed by atoms with Crippen molar-refractivity contribution in [2.75, 3.05) is 5.33 Å². The molecule has 6 heteroatoms. The fourth-order valence-corrected chi connectivity index (χ4v) is 2.43. The highest BCUT2D eigenvalue weighted by atomic mass is 79.9. The van der Waals surface area contributed by atoms with E-state index in [4.69, 9.17) is 0 Å². The number of hydrogen-bond donors (Lipinski definition) is 0. The van der Waals surface area contributed by atoms with Crippen LogP contribution in [0.3, 0.4) is 0 Å². The van der Waals surface area contributed by atoms with Crippen molar-refractivity contribution in [3.8, 4) is 0 Å². The Balaban J connectivity index is 2.34. The van der Waals surface area contributed by atoms with Gasteiger partial charge >= 0.3 is 0 Å². The van der Waals surface area contributed by atoms with Crippen LogP contribution in [-0.4, -0.2) is 21.9 Å². The number of rotatable bonds is 3. The van der Waals surface area contributed by atoms with Crippen molar-refractivity contribution in [2.45, 2.75) is 18.9 Å². The topological polar surface area (TPSA) is 37.4 Å². The Morgan fingerprint density at radius 1 is 1.35 bits per heavy atom. The van der Waals surface area contributed by atoms with E-state index >= 15 is 0 Å². The number of allylic oxidation sites excluding steroid dienone is 1. The summed E-state index contributed by atoms with van der Waals surface area (Å²) in [6.45, 7) is 0. The van der Waals surface area contributed by atoms with Crippen molar-refractivity contribution < 1.29 is 18.4 Å². The highest BCUT2D eigenvalue weighted by Crippen LogP contribution is 2.30. The summed E-state index contributed by atoms with van der Waals surface area (Å²) in [5.41, 5.74) is 0.407. The summed E-state index contributed by atoms with van der Waals surface area (Å²) < 4.78 is 26.3. The van der Waals surface area contributed by atoms with E-state index in [2.05, 4.69) is 15.9 Å². The molecule has 1 aromatic carbocycles. The van der Waals surface area contributed by atoms with Crippen LogP contribution in [0, 0.1) is 11.6 Å². The van der Waals surface area contributed by atoms with Crippen LogP contribution in [0.25, 0.3) is 0 Å². The summed E-state index contributed by atoms with van der Waals surface area (Å²) in [5, 5.41) is 0.495. The fourth-order valence-electron chi connectivity index (χ4n) is 2.09. The van der Waals surface area contributed by atoms with E-state index < -0.39 is 17.7 Å². The molecule has 1 aliphatic rings. The lowest BCUT2D eigenvalue weighted by molar-refractivity contribution is -0.131. The predicted octanol–water partition coefficient (Wildman–Crippen LogP) is 3.11. The lowest BCUT2D eigenvalue weighted by Crippen LogP contribution is -2.34. The maximum absolute atomic E-state index is 13.3. The average molecular weight is 344 g/mol. The van der Waals surface area contributed by atoms with E-state index in [1.807, 2.05) is 0 Å². The highest BCUT2D eigenvalue weighted by molar-refractivity contribution is 9.09. The van der Waals surface area contributed by atoms with E-state index in [0.29, 0.717) is 10.9 Å². The molecule has 106 valence electrons. The van der Waals surface area contributed by atoms with Crippen LogP contribution < -0.4 is 0 Å². The minimum atomic E-state index is -0.989. The Hall–Kier alpha value is -1.56. The Bertz CT molecular complexity index is 574. The minimum absolute atomic E-state index is 0.0651. The molecule has 0 radical (unpaired) electrons. The molecule has 2 rings (SSSR count). The van der Waals surface area contributed by atoms with E-state index in [0.717, 1.165) is 12.1 Å². The van der Waals surface area contributed by atoms with Gasteiger partial charge in [-0.3, -0.25) is 9.59 Å². The molecule has 0 spiro atoms. The molecule has 1 aromatic rings.